The summed E-state index contributed by atoms with van der Waals surface area (Å²) in [5.74, 6) is 2.00. The van der Waals surface area contributed by atoms with E-state index < -0.39 is 11.5 Å². The van der Waals surface area contributed by atoms with Crippen molar-refractivity contribution in [2.75, 3.05) is 13.1 Å². The Morgan fingerprint density at radius 2 is 1.76 bits per heavy atom. The van der Waals surface area contributed by atoms with Crippen molar-refractivity contribution in [1.29, 1.82) is 0 Å². The van der Waals surface area contributed by atoms with Gasteiger partial charge in [0.1, 0.15) is 17.7 Å². The monoisotopic (exact) mass is 988 g/mol. The lowest BCUT2D eigenvalue weighted by Gasteiger charge is -2.28. The number of aliphatic hydroxyl groups is 1. The molecule has 2 amide bonds. The van der Waals surface area contributed by atoms with Crippen LogP contribution in [0.3, 0.4) is 0 Å². The van der Waals surface area contributed by atoms with Crippen LogP contribution in [0.4, 0.5) is 0 Å². The Morgan fingerprint density at radius 3 is 2.43 bits per heavy atom. The molecule has 2 atom stereocenters. The molecule has 1 saturated carbocycles. The van der Waals surface area contributed by atoms with Crippen LogP contribution >= 0.6 is 22.9 Å². The number of benzene rings is 3. The molecule has 7 aromatic rings. The molecule has 16 heteroatoms. The highest BCUT2D eigenvalue weighted by molar-refractivity contribution is 7.13. The number of hydrogen-bond acceptors (Lipinski definition) is 11. The molecule has 2 fully saturated rings. The minimum Gasteiger partial charge on any atom is -0.472 e. The Bertz CT molecular complexity index is 2930. The van der Waals surface area contributed by atoms with Gasteiger partial charge in [0, 0.05) is 37.5 Å². The summed E-state index contributed by atoms with van der Waals surface area (Å²) in [4.78, 5) is 47.4. The third-order valence-corrected chi connectivity index (χ3v) is 14.2. The zero-order valence-electron chi connectivity index (χ0n) is 41.4. The van der Waals surface area contributed by atoms with Gasteiger partial charge in [0.25, 0.3) is 11.4 Å². The van der Waals surface area contributed by atoms with Crippen LogP contribution in [0.25, 0.3) is 38.2 Å². The van der Waals surface area contributed by atoms with E-state index in [0.717, 1.165) is 77.8 Å². The Kier molecular flexibility index (Phi) is 17.1. The number of nitrogens with one attached hydrogen (secondary N) is 1. The van der Waals surface area contributed by atoms with Crippen LogP contribution in [0.1, 0.15) is 121 Å². The summed E-state index contributed by atoms with van der Waals surface area (Å²) in [7, 11) is 0. The predicted octanol–water partition coefficient (Wildman–Crippen LogP) is 10.7. The highest BCUT2D eigenvalue weighted by Gasteiger charge is 2.39. The molecule has 1 saturated heterocycles. The second-order valence-electron chi connectivity index (χ2n) is 18.5. The predicted molar refractivity (Wildman–Crippen MR) is 277 cm³/mol. The standard InChI is InChI=1S/C36H37ClN6O5.C13H14N2OS.C3H8.C2H6/c1-36(2)27-11-8-22(14-30(27)43-29-5-3-4-28(37)33(29)34(46)39-35(36)43)23-17-38-42(19-23)18-21-6-9-25(10-7-21)47-31-15-26(48-40-31)16-32(45)41-13-12-24(44)20-41;1-9(14-7-16)11-3-5-12(6-4-11)13-10(2)15-8-17-13;1-3-2;1-2/h3-5,8,11,14-15,17,19,21,24-25,44H,6-7,9-10,12-13,16,18,20H2,1-2H3;3-9H,1-2H3,(H,14,16);3H2,1-2H3;1-2H3/t;9-;;/m.0../s1. The van der Waals surface area contributed by atoms with Crippen LogP contribution in [-0.4, -0.2) is 77.1 Å². The summed E-state index contributed by atoms with van der Waals surface area (Å²) in [6.07, 6.45) is 10.1. The zero-order chi connectivity index (χ0) is 50.1. The quantitative estimate of drug-likeness (QED) is 0.119. The van der Waals surface area contributed by atoms with E-state index >= 15 is 0 Å². The van der Waals surface area contributed by atoms with Gasteiger partial charge in [0.2, 0.25) is 12.3 Å². The summed E-state index contributed by atoms with van der Waals surface area (Å²) >= 11 is 8.10. The van der Waals surface area contributed by atoms with Crippen molar-refractivity contribution in [3.8, 4) is 33.1 Å². The van der Waals surface area contributed by atoms with E-state index in [-0.39, 0.29) is 30.0 Å². The summed E-state index contributed by atoms with van der Waals surface area (Å²) in [5.41, 5.74) is 9.37. The minimum absolute atomic E-state index is 0.0455. The average Bonchev–Trinajstić information content (AvgIpc) is 4.22. The van der Waals surface area contributed by atoms with E-state index in [9.17, 15) is 19.5 Å². The largest absolute Gasteiger partial charge is 0.472 e. The Balaban J connectivity index is 0.000000274. The number of hydrogen-bond donors (Lipinski definition) is 2. The first-order valence-electron chi connectivity index (χ1n) is 24.5. The molecule has 0 spiro atoms. The molecule has 370 valence electrons. The van der Waals surface area contributed by atoms with Crippen LogP contribution in [0.2, 0.25) is 5.02 Å². The highest BCUT2D eigenvalue weighted by atomic mass is 35.5. The van der Waals surface area contributed by atoms with E-state index in [0.29, 0.717) is 53.3 Å². The number of likely N-dealkylation sites (tertiary alicyclic amines) is 1. The van der Waals surface area contributed by atoms with E-state index in [1.807, 2.05) is 68.3 Å². The molecule has 0 bridgehead atoms. The van der Waals surface area contributed by atoms with Crippen LogP contribution in [0.5, 0.6) is 5.88 Å². The smallest absolute Gasteiger partial charge is 0.282 e. The average molecular weight is 990 g/mol. The molecule has 2 N–H and O–H groups in total. The van der Waals surface area contributed by atoms with Gasteiger partial charge >= 0.3 is 0 Å². The topological polar surface area (TPSA) is 171 Å². The van der Waals surface area contributed by atoms with Crippen LogP contribution < -0.4 is 15.6 Å². The van der Waals surface area contributed by atoms with Crippen molar-refractivity contribution >= 4 is 46.2 Å². The third kappa shape index (κ3) is 11.5. The molecule has 10 rings (SSSR count). The maximum absolute atomic E-state index is 13.0. The molecular formula is C54H65ClN8O6S. The van der Waals surface area contributed by atoms with Gasteiger partial charge < -0.3 is 24.6 Å². The Labute approximate surface area is 419 Å². The molecule has 14 nitrogen and oxygen atoms in total. The van der Waals surface area contributed by atoms with Gasteiger partial charge in [-0.1, -0.05) is 88.2 Å². The molecule has 4 aromatic heterocycles. The van der Waals surface area contributed by atoms with Crippen LogP contribution in [-0.2, 0) is 28.0 Å². The number of aromatic nitrogens is 6. The van der Waals surface area contributed by atoms with Crippen molar-refractivity contribution in [1.82, 2.24) is 39.7 Å². The fourth-order valence-corrected chi connectivity index (χ4v) is 10.3. The van der Waals surface area contributed by atoms with Gasteiger partial charge in [0.05, 0.1) is 67.9 Å². The van der Waals surface area contributed by atoms with Gasteiger partial charge in [-0.05, 0) is 111 Å². The van der Waals surface area contributed by atoms with Gasteiger partial charge in [-0.2, -0.15) is 10.1 Å². The number of fused-ring (bicyclic) bond motifs is 5. The van der Waals surface area contributed by atoms with Gasteiger partial charge in [0.15, 0.2) is 0 Å². The molecular weight excluding hydrogens is 924 g/mol. The zero-order valence-corrected chi connectivity index (χ0v) is 43.0. The number of nitrogens with zero attached hydrogens (tertiary/aromatic N) is 7. The van der Waals surface area contributed by atoms with E-state index in [1.54, 1.807) is 28.4 Å². The number of β-amino-alcohol motifs (C(OH)–C–C–N with tert-alkyl or cyclic N) is 1. The van der Waals surface area contributed by atoms with Crippen molar-refractivity contribution in [3.05, 3.63) is 128 Å². The molecule has 3 aliphatic rings. The Hall–Kier alpha value is -6.16. The number of rotatable bonds is 11. The first-order valence-corrected chi connectivity index (χ1v) is 25.7. The summed E-state index contributed by atoms with van der Waals surface area (Å²) in [5, 5.41) is 22.0. The fraction of sp³-hybridized carbons (Fsp3) is 0.426. The van der Waals surface area contributed by atoms with E-state index in [4.69, 9.17) is 26.0 Å². The second-order valence-corrected chi connectivity index (χ2v) is 19.7. The second kappa shape index (κ2) is 23.2. The number of thiazole rings is 1. The van der Waals surface area contributed by atoms with Gasteiger partial charge in [-0.15, -0.1) is 11.3 Å². The lowest BCUT2D eigenvalue weighted by atomic mass is 9.85. The number of ether oxygens (including phenoxy) is 1. The lowest BCUT2D eigenvalue weighted by molar-refractivity contribution is -0.130. The molecule has 1 aliphatic carbocycles. The molecule has 70 heavy (non-hydrogen) atoms. The van der Waals surface area contributed by atoms with Crippen molar-refractivity contribution in [2.45, 2.75) is 131 Å². The molecule has 0 radical (unpaired) electrons. The summed E-state index contributed by atoms with van der Waals surface area (Å²) < 4.78 is 15.6. The van der Waals surface area contributed by atoms with Crippen molar-refractivity contribution in [3.63, 3.8) is 0 Å². The number of aryl methyl sites for hydroxylation is 1. The minimum atomic E-state index is -0.445. The molecule has 6 heterocycles. The van der Waals surface area contributed by atoms with Gasteiger partial charge in [-0.3, -0.25) is 23.6 Å². The number of aliphatic hydroxyl groups excluding tert-OH is 1. The van der Waals surface area contributed by atoms with E-state index in [2.05, 4.69) is 89.2 Å². The maximum atomic E-state index is 13.0. The number of halogens is 1. The van der Waals surface area contributed by atoms with Crippen LogP contribution in [0.15, 0.2) is 94.0 Å². The van der Waals surface area contributed by atoms with E-state index in [1.165, 1.54) is 16.9 Å². The maximum Gasteiger partial charge on any atom is 0.282 e. The number of amides is 2. The van der Waals surface area contributed by atoms with Crippen LogP contribution in [0, 0.1) is 12.8 Å². The SMILES string of the molecule is CC.CC1(C)c2ccc(-c3cnn(CC4CCC(Oc5cc(CC(=O)N6CCC(O)C6)on5)CC4)c3)cc2-n2c1nc(=O)c1c(Cl)cccc12.CCC.Cc1ncsc1-c1ccc([C@H](C)NC=O)cc1. The summed E-state index contributed by atoms with van der Waals surface area (Å²) in [6.45, 7) is 18.2. The Morgan fingerprint density at radius 1 is 1.03 bits per heavy atom. The third-order valence-electron chi connectivity index (χ3n) is 12.9. The number of carbonyl (C=O) groups is 2. The molecule has 3 aromatic carbocycles. The first kappa shape index (κ1) is 51.7. The fourth-order valence-electron chi connectivity index (χ4n) is 9.28. The molecule has 1 unspecified atom stereocenters. The number of carbonyl (C=O) groups excluding carboxylic acids is 2. The summed E-state index contributed by atoms with van der Waals surface area (Å²) in [6, 6.07) is 21.9. The van der Waals surface area contributed by atoms with Crippen molar-refractivity contribution < 1.29 is 24.0 Å². The first-order chi connectivity index (χ1) is 33.8. The normalized spacial score (nSPS) is 18.0. The molecule has 2 aliphatic heterocycles. The lowest BCUT2D eigenvalue weighted by Crippen LogP contribution is -2.30. The highest BCUT2D eigenvalue weighted by Crippen LogP contribution is 2.44. The van der Waals surface area contributed by atoms with Gasteiger partial charge in [-0.25, -0.2) is 4.98 Å². The van der Waals surface area contributed by atoms with Crippen molar-refractivity contribution in [2.24, 2.45) is 5.92 Å².